The van der Waals surface area contributed by atoms with Crippen LogP contribution in [0.5, 0.6) is 0 Å². The molecule has 0 N–H and O–H groups in total. The second-order valence-corrected chi connectivity index (χ2v) is 7.74. The van der Waals surface area contributed by atoms with Crippen LogP contribution in [0.3, 0.4) is 0 Å². The Hall–Kier alpha value is -0.950. The Morgan fingerprint density at radius 1 is 0.864 bits per heavy atom. The van der Waals surface area contributed by atoms with Crippen LogP contribution >= 0.6 is 0 Å². The van der Waals surface area contributed by atoms with Gasteiger partial charge in [-0.1, -0.05) is 66.7 Å². The van der Waals surface area contributed by atoms with Gasteiger partial charge in [-0.05, 0) is 30.6 Å². The molecule has 3 heteroatoms. The van der Waals surface area contributed by atoms with Crippen molar-refractivity contribution >= 4 is 11.9 Å². The molecule has 130 valence electrons. The first-order chi connectivity index (χ1) is 10.2. The molecule has 0 aliphatic carbocycles. The smallest absolute Gasteiger partial charge is 0.300 e. The second kappa shape index (κ2) is 15.0. The summed E-state index contributed by atoms with van der Waals surface area (Å²) in [6.45, 7) is 11.4. The van der Waals surface area contributed by atoms with Gasteiger partial charge in [0.05, 0.1) is 0 Å². The Labute approximate surface area is 137 Å². The van der Waals surface area contributed by atoms with Crippen LogP contribution in [0, 0.1) is 11.3 Å². The van der Waals surface area contributed by atoms with Crippen LogP contribution in [0.25, 0.3) is 0 Å². The van der Waals surface area contributed by atoms with Crippen molar-refractivity contribution in [2.75, 3.05) is 0 Å². The molecule has 0 unspecified atom stereocenters. The number of rotatable bonds is 11. The SMILES string of the molecule is CC(C)CCCCCC(=O)CCCCCC(C)(C)C.O=C=O. The van der Waals surface area contributed by atoms with Crippen molar-refractivity contribution in [2.45, 2.75) is 98.8 Å². The zero-order valence-corrected chi connectivity index (χ0v) is 15.4. The zero-order valence-electron chi connectivity index (χ0n) is 15.4. The van der Waals surface area contributed by atoms with Crippen molar-refractivity contribution < 1.29 is 14.4 Å². The Morgan fingerprint density at radius 3 is 1.73 bits per heavy atom. The van der Waals surface area contributed by atoms with Crippen LogP contribution in [0.2, 0.25) is 0 Å². The monoisotopic (exact) mass is 312 g/mol. The van der Waals surface area contributed by atoms with Crippen LogP contribution in [-0.4, -0.2) is 11.9 Å². The predicted octanol–water partition coefficient (Wildman–Crippen LogP) is 5.58. The molecule has 0 bridgehead atoms. The van der Waals surface area contributed by atoms with E-state index in [1.54, 1.807) is 0 Å². The van der Waals surface area contributed by atoms with Crippen LogP contribution < -0.4 is 0 Å². The molecule has 0 rings (SSSR count). The number of carbonyl (C=O) groups is 1. The third-order valence-electron chi connectivity index (χ3n) is 3.62. The molecule has 22 heavy (non-hydrogen) atoms. The molecule has 0 spiro atoms. The van der Waals surface area contributed by atoms with E-state index >= 15 is 0 Å². The number of hydrogen-bond acceptors (Lipinski definition) is 3. The van der Waals surface area contributed by atoms with E-state index in [9.17, 15) is 4.79 Å². The molecule has 0 heterocycles. The van der Waals surface area contributed by atoms with E-state index in [4.69, 9.17) is 9.59 Å². The summed E-state index contributed by atoms with van der Waals surface area (Å²) < 4.78 is 0. The minimum Gasteiger partial charge on any atom is -0.300 e. The molecule has 0 aromatic carbocycles. The first-order valence-electron chi connectivity index (χ1n) is 8.74. The molecule has 0 radical (unpaired) electrons. The van der Waals surface area contributed by atoms with E-state index in [2.05, 4.69) is 34.6 Å². The van der Waals surface area contributed by atoms with Gasteiger partial charge in [-0.3, -0.25) is 4.79 Å². The quantitative estimate of drug-likeness (QED) is 0.468. The van der Waals surface area contributed by atoms with E-state index in [0.717, 1.165) is 31.6 Å². The van der Waals surface area contributed by atoms with Crippen LogP contribution in [0.15, 0.2) is 0 Å². The van der Waals surface area contributed by atoms with Crippen molar-refractivity contribution in [1.29, 1.82) is 0 Å². The molecule has 0 atom stereocenters. The Balaban J connectivity index is 0. The van der Waals surface area contributed by atoms with E-state index in [0.29, 0.717) is 11.2 Å². The standard InChI is InChI=1S/C18H36O.CO2/c1-16(2)12-8-6-9-13-17(19)14-10-7-11-15-18(3,4)5;2-1-3/h16H,6-15H2,1-5H3;. The lowest BCUT2D eigenvalue weighted by atomic mass is 9.89. The summed E-state index contributed by atoms with van der Waals surface area (Å²) in [7, 11) is 0. The van der Waals surface area contributed by atoms with Crippen molar-refractivity contribution in [1.82, 2.24) is 0 Å². The molecular weight excluding hydrogens is 276 g/mol. The number of ketones is 1. The maximum atomic E-state index is 11.7. The summed E-state index contributed by atoms with van der Waals surface area (Å²) in [5.41, 5.74) is 0.445. The second-order valence-electron chi connectivity index (χ2n) is 7.74. The lowest BCUT2D eigenvalue weighted by Gasteiger charge is -2.17. The summed E-state index contributed by atoms with van der Waals surface area (Å²) in [6, 6.07) is 0. The van der Waals surface area contributed by atoms with Gasteiger partial charge in [0.1, 0.15) is 5.78 Å². The first-order valence-corrected chi connectivity index (χ1v) is 8.74. The van der Waals surface area contributed by atoms with Crippen molar-refractivity contribution in [3.63, 3.8) is 0 Å². The van der Waals surface area contributed by atoms with Gasteiger partial charge >= 0.3 is 6.15 Å². The molecule has 0 aromatic heterocycles. The Kier molecular flexibility index (Phi) is 15.9. The summed E-state index contributed by atoms with van der Waals surface area (Å²) in [6.07, 6.45) is 11.7. The van der Waals surface area contributed by atoms with E-state index in [-0.39, 0.29) is 6.15 Å². The number of carbonyl (C=O) groups excluding carboxylic acids is 3. The molecular formula is C19H36O3. The highest BCUT2D eigenvalue weighted by molar-refractivity contribution is 5.78. The minimum atomic E-state index is 0.250. The van der Waals surface area contributed by atoms with E-state index in [1.165, 1.54) is 38.5 Å². The first kappa shape index (κ1) is 23.3. The molecule has 0 saturated carbocycles. The normalized spacial score (nSPS) is 10.8. The van der Waals surface area contributed by atoms with Crippen molar-refractivity contribution in [3.8, 4) is 0 Å². The zero-order chi connectivity index (χ0) is 17.4. The molecule has 3 nitrogen and oxygen atoms in total. The number of hydrogen-bond donors (Lipinski definition) is 0. The molecule has 0 fully saturated rings. The van der Waals surface area contributed by atoms with Gasteiger partial charge in [0.25, 0.3) is 0 Å². The fourth-order valence-corrected chi connectivity index (χ4v) is 2.33. The highest BCUT2D eigenvalue weighted by Crippen LogP contribution is 2.22. The lowest BCUT2D eigenvalue weighted by Crippen LogP contribution is -2.04. The predicted molar refractivity (Wildman–Crippen MR) is 90.5 cm³/mol. The third-order valence-corrected chi connectivity index (χ3v) is 3.62. The average Bonchev–Trinajstić information content (AvgIpc) is 2.37. The Morgan fingerprint density at radius 2 is 1.32 bits per heavy atom. The lowest BCUT2D eigenvalue weighted by molar-refractivity contribution is -0.191. The Bertz CT molecular complexity index is 294. The van der Waals surface area contributed by atoms with Gasteiger partial charge in [0.2, 0.25) is 0 Å². The van der Waals surface area contributed by atoms with Gasteiger partial charge in [0, 0.05) is 12.8 Å². The van der Waals surface area contributed by atoms with Crippen LogP contribution in [0.1, 0.15) is 98.8 Å². The highest BCUT2D eigenvalue weighted by Gasteiger charge is 2.09. The van der Waals surface area contributed by atoms with Gasteiger partial charge in [-0.2, -0.15) is 9.59 Å². The molecule has 0 aromatic rings. The van der Waals surface area contributed by atoms with Crippen molar-refractivity contribution in [2.24, 2.45) is 11.3 Å². The van der Waals surface area contributed by atoms with Gasteiger partial charge in [-0.25, -0.2) is 0 Å². The van der Waals surface area contributed by atoms with Gasteiger partial charge < -0.3 is 0 Å². The summed E-state index contributed by atoms with van der Waals surface area (Å²) in [4.78, 5) is 28.0. The molecule has 0 saturated heterocycles. The maximum Gasteiger partial charge on any atom is 0.373 e. The van der Waals surface area contributed by atoms with Crippen LogP contribution in [-0.2, 0) is 14.4 Å². The molecule has 0 amide bonds. The van der Waals surface area contributed by atoms with Gasteiger partial charge in [-0.15, -0.1) is 0 Å². The fourth-order valence-electron chi connectivity index (χ4n) is 2.33. The topological polar surface area (TPSA) is 51.2 Å². The van der Waals surface area contributed by atoms with E-state index in [1.807, 2.05) is 0 Å². The largest absolute Gasteiger partial charge is 0.373 e. The van der Waals surface area contributed by atoms with Gasteiger partial charge in [0.15, 0.2) is 0 Å². The average molecular weight is 312 g/mol. The highest BCUT2D eigenvalue weighted by atomic mass is 16.2. The van der Waals surface area contributed by atoms with E-state index < -0.39 is 0 Å². The number of Topliss-reactive ketones (excluding diaryl/α,β-unsaturated/α-hetero) is 1. The summed E-state index contributed by atoms with van der Waals surface area (Å²) in [5.74, 6) is 1.29. The summed E-state index contributed by atoms with van der Waals surface area (Å²) in [5, 5.41) is 0. The molecule has 0 aliphatic heterocycles. The minimum absolute atomic E-state index is 0.250. The van der Waals surface area contributed by atoms with Crippen molar-refractivity contribution in [3.05, 3.63) is 0 Å². The fraction of sp³-hybridized carbons (Fsp3) is 0.895. The maximum absolute atomic E-state index is 11.7. The third kappa shape index (κ3) is 24.1. The number of unbranched alkanes of at least 4 members (excludes halogenated alkanes) is 4. The van der Waals surface area contributed by atoms with Crippen LogP contribution in [0.4, 0.5) is 0 Å². The summed E-state index contributed by atoms with van der Waals surface area (Å²) >= 11 is 0. The molecule has 0 aliphatic rings.